The van der Waals surface area contributed by atoms with Crippen LogP contribution in [0.2, 0.25) is 0 Å². The van der Waals surface area contributed by atoms with Crippen LogP contribution in [0.3, 0.4) is 0 Å². The summed E-state index contributed by atoms with van der Waals surface area (Å²) in [5.74, 6) is 0. The lowest BCUT2D eigenvalue weighted by molar-refractivity contribution is -0.207. The molecule has 0 amide bonds. The molecule has 0 aromatic heterocycles. The minimum atomic E-state index is -0.210. The van der Waals surface area contributed by atoms with Crippen LogP contribution in [0.5, 0.6) is 0 Å². The average molecular weight is 146 g/mol. The smallest absolute Gasteiger partial charge is 0.147 e. The summed E-state index contributed by atoms with van der Waals surface area (Å²) in [6.45, 7) is 4.98. The molecule has 0 radical (unpaired) electrons. The summed E-state index contributed by atoms with van der Waals surface area (Å²) in [5.41, 5.74) is -0.210. The molecule has 0 bridgehead atoms. The molecular formula is C7H14O3. The van der Waals surface area contributed by atoms with Gasteiger partial charge in [0.05, 0.1) is 19.3 Å². The SMILES string of the molecule is CC1OCOCC1(C)CO. The van der Waals surface area contributed by atoms with E-state index in [4.69, 9.17) is 14.6 Å². The molecule has 2 atom stereocenters. The molecule has 10 heavy (non-hydrogen) atoms. The van der Waals surface area contributed by atoms with Crippen LogP contribution in [0.25, 0.3) is 0 Å². The number of hydrogen-bond donors (Lipinski definition) is 1. The molecule has 3 nitrogen and oxygen atoms in total. The standard InChI is InChI=1S/C7H14O3/c1-6-7(2,3-8)4-9-5-10-6/h6,8H,3-5H2,1-2H3. The summed E-state index contributed by atoms with van der Waals surface area (Å²) in [4.78, 5) is 0. The van der Waals surface area contributed by atoms with Crippen LogP contribution < -0.4 is 0 Å². The van der Waals surface area contributed by atoms with Crippen LogP contribution in [-0.4, -0.2) is 31.2 Å². The van der Waals surface area contributed by atoms with Gasteiger partial charge in [0.2, 0.25) is 0 Å². The molecule has 0 aromatic rings. The number of aliphatic hydroxyl groups is 1. The van der Waals surface area contributed by atoms with Crippen molar-refractivity contribution in [2.75, 3.05) is 20.0 Å². The van der Waals surface area contributed by atoms with Gasteiger partial charge in [-0.3, -0.25) is 0 Å². The van der Waals surface area contributed by atoms with Crippen LogP contribution in [-0.2, 0) is 9.47 Å². The Labute approximate surface area is 60.9 Å². The lowest BCUT2D eigenvalue weighted by Crippen LogP contribution is -2.44. The Hall–Kier alpha value is -0.120. The molecule has 3 heteroatoms. The maximum atomic E-state index is 8.96. The van der Waals surface area contributed by atoms with Crippen LogP contribution in [0.15, 0.2) is 0 Å². The van der Waals surface area contributed by atoms with Crippen molar-refractivity contribution in [3.8, 4) is 0 Å². The molecule has 1 aliphatic rings. The average Bonchev–Trinajstić information content (AvgIpc) is 1.96. The fraction of sp³-hybridized carbons (Fsp3) is 1.00. The Balaban J connectivity index is 2.54. The van der Waals surface area contributed by atoms with E-state index in [0.29, 0.717) is 13.4 Å². The van der Waals surface area contributed by atoms with Gasteiger partial charge in [0.25, 0.3) is 0 Å². The Morgan fingerprint density at radius 3 is 2.80 bits per heavy atom. The molecular weight excluding hydrogens is 132 g/mol. The molecule has 1 N–H and O–H groups in total. The van der Waals surface area contributed by atoms with E-state index in [1.54, 1.807) is 0 Å². The Morgan fingerprint density at radius 2 is 2.40 bits per heavy atom. The van der Waals surface area contributed by atoms with Gasteiger partial charge in [-0.25, -0.2) is 0 Å². The van der Waals surface area contributed by atoms with Crippen molar-refractivity contribution in [2.24, 2.45) is 5.41 Å². The zero-order chi connectivity index (χ0) is 7.61. The van der Waals surface area contributed by atoms with Crippen LogP contribution in [0.1, 0.15) is 13.8 Å². The van der Waals surface area contributed by atoms with E-state index in [9.17, 15) is 0 Å². The van der Waals surface area contributed by atoms with Gasteiger partial charge < -0.3 is 14.6 Å². The number of ether oxygens (including phenoxy) is 2. The van der Waals surface area contributed by atoms with E-state index >= 15 is 0 Å². The first-order valence-electron chi connectivity index (χ1n) is 3.49. The topological polar surface area (TPSA) is 38.7 Å². The second-order valence-corrected chi connectivity index (χ2v) is 3.09. The number of hydrogen-bond acceptors (Lipinski definition) is 3. The maximum absolute atomic E-state index is 8.96. The Morgan fingerprint density at radius 1 is 1.70 bits per heavy atom. The van der Waals surface area contributed by atoms with Crippen LogP contribution in [0, 0.1) is 5.41 Å². The minimum absolute atomic E-state index is 0.0891. The predicted molar refractivity (Wildman–Crippen MR) is 36.6 cm³/mol. The molecule has 1 heterocycles. The largest absolute Gasteiger partial charge is 0.396 e. The first-order valence-corrected chi connectivity index (χ1v) is 3.49. The highest BCUT2D eigenvalue weighted by molar-refractivity contribution is 4.81. The summed E-state index contributed by atoms with van der Waals surface area (Å²) >= 11 is 0. The Kier molecular flexibility index (Phi) is 2.28. The van der Waals surface area contributed by atoms with E-state index < -0.39 is 0 Å². The highest BCUT2D eigenvalue weighted by Crippen LogP contribution is 2.26. The summed E-state index contributed by atoms with van der Waals surface area (Å²) in [6.07, 6.45) is 0.0891. The van der Waals surface area contributed by atoms with E-state index in [0.717, 1.165) is 0 Å². The molecule has 60 valence electrons. The third kappa shape index (κ3) is 1.31. The van der Waals surface area contributed by atoms with Crippen molar-refractivity contribution in [2.45, 2.75) is 20.0 Å². The molecule has 0 spiro atoms. The van der Waals surface area contributed by atoms with Crippen molar-refractivity contribution in [3.05, 3.63) is 0 Å². The van der Waals surface area contributed by atoms with Crippen LogP contribution >= 0.6 is 0 Å². The zero-order valence-corrected chi connectivity index (χ0v) is 6.46. The Bertz CT molecular complexity index is 115. The summed E-state index contributed by atoms with van der Waals surface area (Å²) in [6, 6.07) is 0. The highest BCUT2D eigenvalue weighted by atomic mass is 16.7. The van der Waals surface area contributed by atoms with Gasteiger partial charge in [-0.1, -0.05) is 6.92 Å². The molecule has 0 aliphatic carbocycles. The predicted octanol–water partition coefficient (Wildman–Crippen LogP) is 0.378. The fourth-order valence-corrected chi connectivity index (χ4v) is 0.918. The van der Waals surface area contributed by atoms with E-state index in [1.807, 2.05) is 13.8 Å². The van der Waals surface area contributed by atoms with Gasteiger partial charge in [0.15, 0.2) is 0 Å². The molecule has 1 aliphatic heterocycles. The molecule has 1 fully saturated rings. The van der Waals surface area contributed by atoms with E-state index in [-0.39, 0.29) is 18.1 Å². The van der Waals surface area contributed by atoms with Crippen molar-refractivity contribution in [3.63, 3.8) is 0 Å². The summed E-state index contributed by atoms with van der Waals surface area (Å²) < 4.78 is 10.3. The third-order valence-electron chi connectivity index (χ3n) is 2.18. The molecule has 1 saturated heterocycles. The zero-order valence-electron chi connectivity index (χ0n) is 6.46. The van der Waals surface area contributed by atoms with E-state index in [2.05, 4.69) is 0 Å². The second-order valence-electron chi connectivity index (χ2n) is 3.09. The molecule has 0 aromatic carbocycles. The third-order valence-corrected chi connectivity index (χ3v) is 2.18. The van der Waals surface area contributed by atoms with Gasteiger partial charge in [-0.05, 0) is 6.92 Å². The number of rotatable bonds is 1. The first-order chi connectivity index (χ1) is 4.69. The lowest BCUT2D eigenvalue weighted by Gasteiger charge is -2.37. The molecule has 2 unspecified atom stereocenters. The van der Waals surface area contributed by atoms with Gasteiger partial charge in [-0.15, -0.1) is 0 Å². The van der Waals surface area contributed by atoms with E-state index in [1.165, 1.54) is 0 Å². The lowest BCUT2D eigenvalue weighted by atomic mass is 9.86. The second kappa shape index (κ2) is 2.86. The van der Waals surface area contributed by atoms with Crippen molar-refractivity contribution >= 4 is 0 Å². The quantitative estimate of drug-likeness (QED) is 0.581. The van der Waals surface area contributed by atoms with Crippen LogP contribution in [0.4, 0.5) is 0 Å². The monoisotopic (exact) mass is 146 g/mol. The van der Waals surface area contributed by atoms with Crippen molar-refractivity contribution < 1.29 is 14.6 Å². The highest BCUT2D eigenvalue weighted by Gasteiger charge is 2.34. The molecule has 1 rings (SSSR count). The normalized spacial score (nSPS) is 41.7. The summed E-state index contributed by atoms with van der Waals surface area (Å²) in [5, 5.41) is 8.96. The van der Waals surface area contributed by atoms with Crippen molar-refractivity contribution in [1.29, 1.82) is 0 Å². The van der Waals surface area contributed by atoms with Gasteiger partial charge in [-0.2, -0.15) is 0 Å². The van der Waals surface area contributed by atoms with Gasteiger partial charge >= 0.3 is 0 Å². The van der Waals surface area contributed by atoms with Crippen molar-refractivity contribution in [1.82, 2.24) is 0 Å². The first kappa shape index (κ1) is 7.98. The fourth-order valence-electron chi connectivity index (χ4n) is 0.918. The van der Waals surface area contributed by atoms with Gasteiger partial charge in [0.1, 0.15) is 6.79 Å². The number of aliphatic hydroxyl groups excluding tert-OH is 1. The minimum Gasteiger partial charge on any atom is -0.396 e. The van der Waals surface area contributed by atoms with Gasteiger partial charge in [0, 0.05) is 5.41 Å². The molecule has 0 saturated carbocycles. The summed E-state index contributed by atoms with van der Waals surface area (Å²) in [7, 11) is 0. The maximum Gasteiger partial charge on any atom is 0.147 e.